The van der Waals surface area contributed by atoms with Crippen LogP contribution < -0.4 is 0 Å². The van der Waals surface area contributed by atoms with Gasteiger partial charge in [0, 0.05) is 0 Å². The molecule has 0 fully saturated rings. The molecule has 0 saturated carbocycles. The summed E-state index contributed by atoms with van der Waals surface area (Å²) >= 11 is 0. The van der Waals surface area contributed by atoms with Crippen molar-refractivity contribution in [3.05, 3.63) is 181 Å². The molecule has 0 atom stereocenters. The Bertz CT molecular complexity index is 2760. The van der Waals surface area contributed by atoms with Gasteiger partial charge in [0.15, 0.2) is 0 Å². The lowest BCUT2D eigenvalue weighted by Crippen LogP contribution is -1.98. The Balaban J connectivity index is 1.40. The van der Waals surface area contributed by atoms with Crippen molar-refractivity contribution in [2.45, 2.75) is 33.6 Å². The van der Waals surface area contributed by atoms with Gasteiger partial charge in [0.25, 0.3) is 0 Å². The maximum atomic E-state index is 2.49. The predicted octanol–water partition coefficient (Wildman–Crippen LogP) is 14.9. The molecule has 250 valence electrons. The first-order chi connectivity index (χ1) is 25.5. The van der Waals surface area contributed by atoms with Crippen molar-refractivity contribution in [1.82, 2.24) is 0 Å². The Morgan fingerprint density at radius 1 is 0.385 bits per heavy atom. The summed E-state index contributed by atoms with van der Waals surface area (Å²) in [7, 11) is 0. The first kappa shape index (κ1) is 32.0. The van der Waals surface area contributed by atoms with E-state index >= 15 is 0 Å². The monoisotopic (exact) mass is 666 g/mol. The highest BCUT2D eigenvalue weighted by Crippen LogP contribution is 2.48. The zero-order valence-corrected chi connectivity index (χ0v) is 30.2. The van der Waals surface area contributed by atoms with Crippen LogP contribution in [0.4, 0.5) is 0 Å². The van der Waals surface area contributed by atoms with E-state index in [-0.39, 0.29) is 0 Å². The molecular formula is C52H42. The Hall–Kier alpha value is -5.98. The topological polar surface area (TPSA) is 0 Å². The molecule has 0 aliphatic rings. The standard InChI is InChI=1S/C52H42/c1-34(2)25-26-37-27-28-40(33-48(37)41-19-9-7-15-35(41)3)51-45-23-13-14-24-46(45)52(47-30-29-38(31-50(47)51)36-16-5-4-6-17-36)49-32-39-18-8-10-20-42(39)43-21-11-12-22-44(43)49/h4-24,27-34H,25-26H2,1-3H3. The molecule has 0 amide bonds. The second kappa shape index (κ2) is 13.3. The average Bonchev–Trinajstić information content (AvgIpc) is 3.19. The van der Waals surface area contributed by atoms with Gasteiger partial charge in [-0.15, -0.1) is 0 Å². The van der Waals surface area contributed by atoms with Crippen molar-refractivity contribution < 1.29 is 0 Å². The Morgan fingerprint density at radius 3 is 1.77 bits per heavy atom. The maximum Gasteiger partial charge on any atom is -0.00199 e. The van der Waals surface area contributed by atoms with Crippen molar-refractivity contribution in [3.63, 3.8) is 0 Å². The van der Waals surface area contributed by atoms with Crippen LogP contribution in [0, 0.1) is 12.8 Å². The summed E-state index contributed by atoms with van der Waals surface area (Å²) in [5, 5.41) is 10.2. The number of rotatable bonds is 7. The Labute approximate surface area is 307 Å². The van der Waals surface area contributed by atoms with E-state index in [4.69, 9.17) is 0 Å². The van der Waals surface area contributed by atoms with Gasteiger partial charge in [0.1, 0.15) is 0 Å². The van der Waals surface area contributed by atoms with Gasteiger partial charge in [-0.1, -0.05) is 166 Å². The minimum atomic E-state index is 0.646. The van der Waals surface area contributed by atoms with Crippen molar-refractivity contribution in [1.29, 1.82) is 0 Å². The molecule has 0 heteroatoms. The van der Waals surface area contributed by atoms with Crippen LogP contribution in [0.2, 0.25) is 0 Å². The summed E-state index contributed by atoms with van der Waals surface area (Å²) in [6.07, 6.45) is 2.23. The van der Waals surface area contributed by atoms with Crippen LogP contribution in [-0.2, 0) is 6.42 Å². The molecule has 0 aliphatic carbocycles. The number of benzene rings is 9. The van der Waals surface area contributed by atoms with Crippen molar-refractivity contribution in [3.8, 4) is 44.5 Å². The van der Waals surface area contributed by atoms with Gasteiger partial charge in [-0.2, -0.15) is 0 Å². The lowest BCUT2D eigenvalue weighted by molar-refractivity contribution is 0.587. The van der Waals surface area contributed by atoms with E-state index in [2.05, 4.69) is 191 Å². The van der Waals surface area contributed by atoms with Crippen molar-refractivity contribution >= 4 is 43.1 Å². The molecule has 9 aromatic carbocycles. The summed E-state index contributed by atoms with van der Waals surface area (Å²) in [4.78, 5) is 0. The smallest absolute Gasteiger partial charge is 0.00199 e. The van der Waals surface area contributed by atoms with Gasteiger partial charge >= 0.3 is 0 Å². The highest BCUT2D eigenvalue weighted by Gasteiger charge is 2.21. The average molecular weight is 667 g/mol. The fourth-order valence-electron chi connectivity index (χ4n) is 8.37. The van der Waals surface area contributed by atoms with E-state index < -0.39 is 0 Å². The molecule has 52 heavy (non-hydrogen) atoms. The van der Waals surface area contributed by atoms with E-state index in [1.807, 2.05) is 0 Å². The first-order valence-electron chi connectivity index (χ1n) is 18.7. The second-order valence-corrected chi connectivity index (χ2v) is 14.7. The van der Waals surface area contributed by atoms with Crippen LogP contribution >= 0.6 is 0 Å². The molecule has 0 heterocycles. The molecule has 0 aromatic heterocycles. The van der Waals surface area contributed by atoms with Crippen LogP contribution in [0.1, 0.15) is 31.4 Å². The molecule has 0 nitrogen and oxygen atoms in total. The Morgan fingerprint density at radius 2 is 1.00 bits per heavy atom. The molecule has 0 unspecified atom stereocenters. The largest absolute Gasteiger partial charge is 0.0628 e. The Kier molecular flexibility index (Phi) is 8.17. The molecule has 0 aliphatic heterocycles. The van der Waals surface area contributed by atoms with Gasteiger partial charge in [-0.3, -0.25) is 0 Å². The normalized spacial score (nSPS) is 11.7. The van der Waals surface area contributed by atoms with Crippen LogP contribution in [0.15, 0.2) is 170 Å². The third-order valence-corrected chi connectivity index (χ3v) is 11.0. The number of hydrogen-bond acceptors (Lipinski definition) is 0. The van der Waals surface area contributed by atoms with E-state index in [1.165, 1.54) is 105 Å². The zero-order chi connectivity index (χ0) is 35.2. The summed E-state index contributed by atoms with van der Waals surface area (Å²) in [5.41, 5.74) is 13.0. The van der Waals surface area contributed by atoms with Gasteiger partial charge in [0.05, 0.1) is 0 Å². The quantitative estimate of drug-likeness (QED) is 0.117. The molecule has 0 spiro atoms. The minimum absolute atomic E-state index is 0.646. The fourth-order valence-corrected chi connectivity index (χ4v) is 8.37. The highest BCUT2D eigenvalue weighted by molar-refractivity contribution is 6.26. The molecule has 9 aromatic rings. The van der Waals surface area contributed by atoms with Crippen LogP contribution in [0.5, 0.6) is 0 Å². The van der Waals surface area contributed by atoms with Gasteiger partial charge in [0.2, 0.25) is 0 Å². The van der Waals surface area contributed by atoms with Gasteiger partial charge < -0.3 is 0 Å². The number of fused-ring (bicyclic) bond motifs is 5. The van der Waals surface area contributed by atoms with E-state index in [0.29, 0.717) is 5.92 Å². The zero-order valence-electron chi connectivity index (χ0n) is 30.2. The fraction of sp³-hybridized carbons (Fsp3) is 0.115. The molecule has 0 radical (unpaired) electrons. The lowest BCUT2D eigenvalue weighted by atomic mass is 9.82. The van der Waals surface area contributed by atoms with Gasteiger partial charge in [-0.25, -0.2) is 0 Å². The molecule has 9 rings (SSSR count). The third-order valence-electron chi connectivity index (χ3n) is 11.0. The second-order valence-electron chi connectivity index (χ2n) is 14.7. The minimum Gasteiger partial charge on any atom is -0.0628 e. The number of hydrogen-bond donors (Lipinski definition) is 0. The van der Waals surface area contributed by atoms with Gasteiger partial charge in [-0.05, 0) is 143 Å². The van der Waals surface area contributed by atoms with E-state index in [1.54, 1.807) is 0 Å². The third kappa shape index (κ3) is 5.56. The van der Waals surface area contributed by atoms with Crippen molar-refractivity contribution in [2.24, 2.45) is 5.92 Å². The lowest BCUT2D eigenvalue weighted by Gasteiger charge is -2.21. The predicted molar refractivity (Wildman–Crippen MR) is 226 cm³/mol. The first-order valence-corrected chi connectivity index (χ1v) is 18.7. The number of aryl methyl sites for hydroxylation is 2. The van der Waals surface area contributed by atoms with Crippen LogP contribution in [0.25, 0.3) is 87.6 Å². The molecule has 0 N–H and O–H groups in total. The summed E-state index contributed by atoms with van der Waals surface area (Å²) in [6.45, 7) is 6.89. The van der Waals surface area contributed by atoms with Crippen molar-refractivity contribution in [2.75, 3.05) is 0 Å². The molecule has 0 saturated heterocycles. The van der Waals surface area contributed by atoms with E-state index in [0.717, 1.165) is 6.42 Å². The highest BCUT2D eigenvalue weighted by atomic mass is 14.2. The van der Waals surface area contributed by atoms with Crippen LogP contribution in [0.3, 0.4) is 0 Å². The van der Waals surface area contributed by atoms with Crippen LogP contribution in [-0.4, -0.2) is 0 Å². The summed E-state index contributed by atoms with van der Waals surface area (Å²) in [6, 6.07) is 63.4. The molecule has 0 bridgehead atoms. The summed E-state index contributed by atoms with van der Waals surface area (Å²) in [5.74, 6) is 0.646. The molecular weight excluding hydrogens is 625 g/mol. The summed E-state index contributed by atoms with van der Waals surface area (Å²) < 4.78 is 0. The maximum absolute atomic E-state index is 2.49. The SMILES string of the molecule is Cc1ccccc1-c1cc(-c2c3ccccc3c(-c3cc4ccccc4c4ccccc34)c3ccc(-c4ccccc4)cc23)ccc1CCC(C)C. The van der Waals surface area contributed by atoms with E-state index in [9.17, 15) is 0 Å².